The Labute approximate surface area is 106 Å². The van der Waals surface area contributed by atoms with Crippen molar-refractivity contribution in [2.24, 2.45) is 5.92 Å². The number of rotatable bonds is 7. The molecular weight excluding hydrogens is 210 g/mol. The third-order valence-corrected chi connectivity index (χ3v) is 2.99. The molecule has 0 aliphatic carbocycles. The minimum absolute atomic E-state index is 0.571. The van der Waals surface area contributed by atoms with Gasteiger partial charge in [0.25, 0.3) is 0 Å². The third kappa shape index (κ3) is 4.50. The molecule has 17 heavy (non-hydrogen) atoms. The van der Waals surface area contributed by atoms with Crippen molar-refractivity contribution in [3.63, 3.8) is 0 Å². The molecule has 1 aromatic rings. The SMILES string of the molecule is CCNC(Cc1cc(C)nn1CC)CC(C)C. The lowest BCUT2D eigenvalue weighted by Crippen LogP contribution is -2.33. The Balaban J connectivity index is 2.70. The van der Waals surface area contributed by atoms with Crippen molar-refractivity contribution in [3.8, 4) is 0 Å². The molecule has 1 unspecified atom stereocenters. The fourth-order valence-corrected chi connectivity index (χ4v) is 2.39. The molecule has 1 aromatic heterocycles. The van der Waals surface area contributed by atoms with Crippen LogP contribution in [0.3, 0.4) is 0 Å². The Morgan fingerprint density at radius 3 is 2.59 bits per heavy atom. The van der Waals surface area contributed by atoms with Crippen molar-refractivity contribution in [1.29, 1.82) is 0 Å². The maximum absolute atomic E-state index is 4.51. The normalized spacial score (nSPS) is 13.3. The summed E-state index contributed by atoms with van der Waals surface area (Å²) in [4.78, 5) is 0. The van der Waals surface area contributed by atoms with Crippen LogP contribution in [0.1, 0.15) is 45.5 Å². The Bertz CT molecular complexity index is 328. The van der Waals surface area contributed by atoms with Crippen molar-refractivity contribution in [3.05, 3.63) is 17.5 Å². The Morgan fingerprint density at radius 1 is 1.35 bits per heavy atom. The van der Waals surface area contributed by atoms with Crippen LogP contribution in [0.15, 0.2) is 6.07 Å². The highest BCUT2D eigenvalue weighted by molar-refractivity contribution is 5.10. The molecule has 1 N–H and O–H groups in total. The van der Waals surface area contributed by atoms with Crippen molar-refractivity contribution in [2.45, 2.75) is 60.0 Å². The highest BCUT2D eigenvalue weighted by Gasteiger charge is 2.13. The van der Waals surface area contributed by atoms with Crippen molar-refractivity contribution in [2.75, 3.05) is 6.54 Å². The van der Waals surface area contributed by atoms with E-state index >= 15 is 0 Å². The van der Waals surface area contributed by atoms with Gasteiger partial charge in [-0.05, 0) is 38.8 Å². The molecule has 1 rings (SSSR count). The van der Waals surface area contributed by atoms with E-state index < -0.39 is 0 Å². The molecule has 1 heterocycles. The summed E-state index contributed by atoms with van der Waals surface area (Å²) in [5, 5.41) is 8.09. The number of hydrogen-bond donors (Lipinski definition) is 1. The van der Waals surface area contributed by atoms with Gasteiger partial charge in [-0.3, -0.25) is 4.68 Å². The Hall–Kier alpha value is -0.830. The van der Waals surface area contributed by atoms with Gasteiger partial charge in [-0.25, -0.2) is 0 Å². The maximum atomic E-state index is 4.51. The molecule has 0 bridgehead atoms. The van der Waals surface area contributed by atoms with Gasteiger partial charge in [0.05, 0.1) is 5.69 Å². The topological polar surface area (TPSA) is 29.9 Å². The second kappa shape index (κ2) is 6.80. The molecule has 3 heteroatoms. The van der Waals surface area contributed by atoms with E-state index in [1.54, 1.807) is 0 Å². The van der Waals surface area contributed by atoms with Crippen molar-refractivity contribution < 1.29 is 0 Å². The maximum Gasteiger partial charge on any atom is 0.0596 e. The van der Waals surface area contributed by atoms with E-state index in [1.165, 1.54) is 12.1 Å². The molecule has 1 atom stereocenters. The zero-order valence-electron chi connectivity index (χ0n) is 12.0. The van der Waals surface area contributed by atoms with Gasteiger partial charge in [0, 0.05) is 24.7 Å². The monoisotopic (exact) mass is 237 g/mol. The fraction of sp³-hybridized carbons (Fsp3) is 0.786. The van der Waals surface area contributed by atoms with Gasteiger partial charge in [-0.15, -0.1) is 0 Å². The number of hydrogen-bond acceptors (Lipinski definition) is 2. The zero-order chi connectivity index (χ0) is 12.8. The highest BCUT2D eigenvalue weighted by Crippen LogP contribution is 2.12. The summed E-state index contributed by atoms with van der Waals surface area (Å²) in [6.07, 6.45) is 2.31. The first kappa shape index (κ1) is 14.2. The molecule has 0 saturated carbocycles. The van der Waals surface area contributed by atoms with Crippen LogP contribution >= 0.6 is 0 Å². The number of nitrogens with zero attached hydrogens (tertiary/aromatic N) is 2. The van der Waals surface area contributed by atoms with Gasteiger partial charge in [0.1, 0.15) is 0 Å². The number of aromatic nitrogens is 2. The average Bonchev–Trinajstić information content (AvgIpc) is 2.58. The minimum Gasteiger partial charge on any atom is -0.314 e. The summed E-state index contributed by atoms with van der Waals surface area (Å²) in [6, 6.07) is 2.79. The Morgan fingerprint density at radius 2 is 2.06 bits per heavy atom. The molecule has 0 aliphatic rings. The first-order valence-electron chi connectivity index (χ1n) is 6.83. The van der Waals surface area contributed by atoms with Crippen LogP contribution in [0.25, 0.3) is 0 Å². The largest absolute Gasteiger partial charge is 0.314 e. The quantitative estimate of drug-likeness (QED) is 0.790. The number of nitrogens with one attached hydrogen (secondary N) is 1. The van der Waals surface area contributed by atoms with E-state index in [4.69, 9.17) is 0 Å². The Kier molecular flexibility index (Phi) is 5.69. The van der Waals surface area contributed by atoms with E-state index in [9.17, 15) is 0 Å². The lowest BCUT2D eigenvalue weighted by molar-refractivity contribution is 0.413. The lowest BCUT2D eigenvalue weighted by atomic mass is 9.99. The summed E-state index contributed by atoms with van der Waals surface area (Å²) in [7, 11) is 0. The fourth-order valence-electron chi connectivity index (χ4n) is 2.39. The molecular formula is C14H27N3. The first-order valence-corrected chi connectivity index (χ1v) is 6.83. The van der Waals surface area contributed by atoms with Crippen LogP contribution in [-0.2, 0) is 13.0 Å². The second-order valence-electron chi connectivity index (χ2n) is 5.18. The van der Waals surface area contributed by atoms with Crippen LogP contribution in [0.2, 0.25) is 0 Å². The molecule has 0 fully saturated rings. The van der Waals surface area contributed by atoms with Crippen molar-refractivity contribution >= 4 is 0 Å². The summed E-state index contributed by atoms with van der Waals surface area (Å²) in [6.45, 7) is 13.0. The average molecular weight is 237 g/mol. The predicted octanol–water partition coefficient (Wildman–Crippen LogP) is 2.78. The van der Waals surface area contributed by atoms with Crippen LogP contribution < -0.4 is 5.32 Å². The molecule has 0 radical (unpaired) electrons. The number of aryl methyl sites for hydroxylation is 2. The molecule has 0 aromatic carbocycles. The summed E-state index contributed by atoms with van der Waals surface area (Å²) < 4.78 is 2.12. The molecule has 0 amide bonds. The van der Waals surface area contributed by atoms with Gasteiger partial charge in [-0.2, -0.15) is 5.10 Å². The van der Waals surface area contributed by atoms with E-state index in [0.29, 0.717) is 6.04 Å². The zero-order valence-corrected chi connectivity index (χ0v) is 12.0. The van der Waals surface area contributed by atoms with Crippen LogP contribution in [0, 0.1) is 12.8 Å². The summed E-state index contributed by atoms with van der Waals surface area (Å²) in [5.74, 6) is 0.734. The lowest BCUT2D eigenvalue weighted by Gasteiger charge is -2.20. The van der Waals surface area contributed by atoms with Crippen molar-refractivity contribution in [1.82, 2.24) is 15.1 Å². The van der Waals surface area contributed by atoms with Crippen LogP contribution in [-0.4, -0.2) is 22.4 Å². The van der Waals surface area contributed by atoms with Crippen LogP contribution in [0.5, 0.6) is 0 Å². The van der Waals surface area contributed by atoms with Gasteiger partial charge >= 0.3 is 0 Å². The van der Waals surface area contributed by atoms with Gasteiger partial charge in [0.2, 0.25) is 0 Å². The molecule has 0 aliphatic heterocycles. The molecule has 0 saturated heterocycles. The molecule has 98 valence electrons. The van der Waals surface area contributed by atoms with E-state index in [2.05, 4.69) is 55.8 Å². The standard InChI is InChI=1S/C14H27N3/c1-6-15-13(8-11(3)4)10-14-9-12(5)16-17(14)7-2/h9,11,13,15H,6-8,10H2,1-5H3. The molecule has 0 spiro atoms. The van der Waals surface area contributed by atoms with Gasteiger partial charge in [-0.1, -0.05) is 20.8 Å². The van der Waals surface area contributed by atoms with E-state index in [-0.39, 0.29) is 0 Å². The third-order valence-electron chi connectivity index (χ3n) is 2.99. The van der Waals surface area contributed by atoms with Gasteiger partial charge < -0.3 is 5.32 Å². The number of likely N-dealkylation sites (N-methyl/N-ethyl adjacent to an activating group) is 1. The van der Waals surface area contributed by atoms with E-state index in [1.807, 2.05) is 0 Å². The molecule has 3 nitrogen and oxygen atoms in total. The predicted molar refractivity (Wildman–Crippen MR) is 73.3 cm³/mol. The highest BCUT2D eigenvalue weighted by atomic mass is 15.3. The van der Waals surface area contributed by atoms with Gasteiger partial charge in [0.15, 0.2) is 0 Å². The first-order chi connectivity index (χ1) is 8.06. The smallest absolute Gasteiger partial charge is 0.0596 e. The minimum atomic E-state index is 0.571. The summed E-state index contributed by atoms with van der Waals surface area (Å²) in [5.41, 5.74) is 2.48. The second-order valence-corrected chi connectivity index (χ2v) is 5.18. The van der Waals surface area contributed by atoms with E-state index in [0.717, 1.165) is 31.1 Å². The van der Waals surface area contributed by atoms with Crippen LogP contribution in [0.4, 0.5) is 0 Å². The summed E-state index contributed by atoms with van der Waals surface area (Å²) >= 11 is 0.